The zero-order valence-corrected chi connectivity index (χ0v) is 8.87. The van der Waals surface area contributed by atoms with E-state index in [1.54, 1.807) is 6.92 Å². The molecule has 1 aromatic carbocycles. The van der Waals surface area contributed by atoms with Crippen molar-refractivity contribution in [3.63, 3.8) is 0 Å². The molecule has 0 radical (unpaired) electrons. The van der Waals surface area contributed by atoms with Gasteiger partial charge in [0.2, 0.25) is 0 Å². The predicted molar refractivity (Wildman–Crippen MR) is 54.2 cm³/mol. The topological polar surface area (TPSA) is 69.4 Å². The van der Waals surface area contributed by atoms with Gasteiger partial charge in [0.15, 0.2) is 0 Å². The quantitative estimate of drug-likeness (QED) is 0.443. The highest BCUT2D eigenvalue weighted by Crippen LogP contribution is 2.26. The number of nitrogens with zero attached hydrogens (tertiary/aromatic N) is 1. The average molecular weight is 230 g/mol. The first-order valence-electron chi connectivity index (χ1n) is 4.00. The molecular formula is C9H8ClNO4. The Bertz CT molecular complexity index is 430. The molecule has 0 bridgehead atoms. The lowest BCUT2D eigenvalue weighted by Crippen LogP contribution is -2.04. The largest absolute Gasteiger partial charge is 0.465 e. The lowest BCUT2D eigenvalue weighted by molar-refractivity contribution is -0.384. The Morgan fingerprint density at radius 3 is 2.60 bits per heavy atom. The van der Waals surface area contributed by atoms with Crippen LogP contribution in [0.2, 0.25) is 5.02 Å². The second-order valence-corrected chi connectivity index (χ2v) is 3.25. The van der Waals surface area contributed by atoms with Gasteiger partial charge in [-0.15, -0.1) is 0 Å². The molecule has 0 saturated carbocycles. The summed E-state index contributed by atoms with van der Waals surface area (Å²) in [6.45, 7) is 1.59. The number of ether oxygens (including phenoxy) is 1. The highest BCUT2D eigenvalue weighted by atomic mass is 35.5. The molecule has 1 aromatic rings. The summed E-state index contributed by atoms with van der Waals surface area (Å²) in [7, 11) is 1.19. The van der Waals surface area contributed by atoms with Gasteiger partial charge in [-0.3, -0.25) is 10.1 Å². The van der Waals surface area contributed by atoms with Crippen LogP contribution in [0.25, 0.3) is 0 Å². The smallest absolute Gasteiger partial charge is 0.339 e. The van der Waals surface area contributed by atoms with Crippen molar-refractivity contribution >= 4 is 23.3 Å². The fourth-order valence-corrected chi connectivity index (χ4v) is 1.30. The van der Waals surface area contributed by atoms with Crippen LogP contribution < -0.4 is 0 Å². The molecule has 0 amide bonds. The van der Waals surface area contributed by atoms with Crippen molar-refractivity contribution in [2.24, 2.45) is 0 Å². The number of halogens is 1. The third-order valence-corrected chi connectivity index (χ3v) is 2.36. The van der Waals surface area contributed by atoms with Crippen molar-refractivity contribution in [2.75, 3.05) is 7.11 Å². The molecule has 0 aliphatic heterocycles. The summed E-state index contributed by atoms with van der Waals surface area (Å²) in [5, 5.41) is 10.7. The standard InChI is InChI=1S/C9H8ClNO4/c1-5-3-6(11(13)14)4-7(8(5)10)9(12)15-2/h3-4H,1-2H3. The maximum Gasteiger partial charge on any atom is 0.339 e. The summed E-state index contributed by atoms with van der Waals surface area (Å²) < 4.78 is 4.46. The minimum absolute atomic E-state index is 0.00543. The van der Waals surface area contributed by atoms with Gasteiger partial charge in [0.1, 0.15) is 0 Å². The highest BCUT2D eigenvalue weighted by Gasteiger charge is 2.18. The normalized spacial score (nSPS) is 9.80. The predicted octanol–water partition coefficient (Wildman–Crippen LogP) is 2.34. The van der Waals surface area contributed by atoms with Crippen molar-refractivity contribution in [3.05, 3.63) is 38.4 Å². The molecule has 15 heavy (non-hydrogen) atoms. The van der Waals surface area contributed by atoms with Crippen molar-refractivity contribution in [1.29, 1.82) is 0 Å². The van der Waals surface area contributed by atoms with E-state index in [1.807, 2.05) is 0 Å². The first-order valence-corrected chi connectivity index (χ1v) is 4.38. The zero-order valence-electron chi connectivity index (χ0n) is 8.11. The Morgan fingerprint density at radius 2 is 2.13 bits per heavy atom. The Balaban J connectivity index is 3.37. The Labute approximate surface area is 90.8 Å². The second kappa shape index (κ2) is 4.27. The van der Waals surface area contributed by atoms with Gasteiger partial charge in [-0.05, 0) is 12.5 Å². The molecule has 0 heterocycles. The van der Waals surface area contributed by atoms with E-state index in [0.29, 0.717) is 5.56 Å². The molecule has 0 aliphatic carbocycles. The molecule has 1 rings (SSSR count). The molecule has 0 N–H and O–H groups in total. The van der Waals surface area contributed by atoms with Crippen LogP contribution >= 0.6 is 11.6 Å². The summed E-state index contributed by atoms with van der Waals surface area (Å²) in [6, 6.07) is 2.40. The number of hydrogen-bond donors (Lipinski definition) is 0. The zero-order chi connectivity index (χ0) is 11.6. The Hall–Kier alpha value is -1.62. The van der Waals surface area contributed by atoms with E-state index in [0.717, 1.165) is 6.07 Å². The molecule has 0 saturated heterocycles. The van der Waals surface area contributed by atoms with Crippen LogP contribution in [0.15, 0.2) is 12.1 Å². The van der Waals surface area contributed by atoms with Crippen LogP contribution in [-0.4, -0.2) is 18.0 Å². The molecule has 80 valence electrons. The first-order chi connectivity index (χ1) is 6.97. The van der Waals surface area contributed by atoms with Gasteiger partial charge in [-0.1, -0.05) is 11.6 Å². The van der Waals surface area contributed by atoms with E-state index in [1.165, 1.54) is 13.2 Å². The molecular weight excluding hydrogens is 222 g/mol. The maximum atomic E-state index is 11.2. The molecule has 0 atom stereocenters. The summed E-state index contributed by atoms with van der Waals surface area (Å²) in [6.07, 6.45) is 0. The summed E-state index contributed by atoms with van der Waals surface area (Å²) in [4.78, 5) is 21.2. The maximum absolute atomic E-state index is 11.2. The van der Waals surface area contributed by atoms with Crippen LogP contribution in [0.1, 0.15) is 15.9 Å². The molecule has 0 aromatic heterocycles. The number of esters is 1. The van der Waals surface area contributed by atoms with Gasteiger partial charge in [0, 0.05) is 12.1 Å². The fraction of sp³-hybridized carbons (Fsp3) is 0.222. The highest BCUT2D eigenvalue weighted by molar-refractivity contribution is 6.34. The number of non-ortho nitro benzene ring substituents is 1. The summed E-state index contributed by atoms with van der Waals surface area (Å²) in [5.74, 6) is -0.688. The van der Waals surface area contributed by atoms with Gasteiger partial charge in [-0.2, -0.15) is 0 Å². The first kappa shape index (κ1) is 11.5. The van der Waals surface area contributed by atoms with E-state index in [9.17, 15) is 14.9 Å². The lowest BCUT2D eigenvalue weighted by Gasteiger charge is -2.04. The number of benzene rings is 1. The number of methoxy groups -OCH3 is 1. The molecule has 0 fully saturated rings. The van der Waals surface area contributed by atoms with E-state index in [2.05, 4.69) is 4.74 Å². The molecule has 6 heteroatoms. The monoisotopic (exact) mass is 229 g/mol. The molecule has 0 spiro atoms. The van der Waals surface area contributed by atoms with Crippen LogP contribution in [0.3, 0.4) is 0 Å². The minimum atomic E-state index is -0.688. The van der Waals surface area contributed by atoms with Crippen molar-refractivity contribution in [3.8, 4) is 0 Å². The van der Waals surface area contributed by atoms with Crippen LogP contribution in [0.4, 0.5) is 5.69 Å². The van der Waals surface area contributed by atoms with Crippen molar-refractivity contribution in [2.45, 2.75) is 6.92 Å². The molecule has 0 aliphatic rings. The molecule has 0 unspecified atom stereocenters. The van der Waals surface area contributed by atoms with E-state index < -0.39 is 10.9 Å². The van der Waals surface area contributed by atoms with E-state index in [4.69, 9.17) is 11.6 Å². The third-order valence-electron chi connectivity index (χ3n) is 1.86. The average Bonchev–Trinajstić information content (AvgIpc) is 2.20. The number of carbonyl (C=O) groups is 1. The number of hydrogen-bond acceptors (Lipinski definition) is 4. The van der Waals surface area contributed by atoms with Gasteiger partial charge < -0.3 is 4.74 Å². The number of nitro benzene ring substituents is 1. The SMILES string of the molecule is COC(=O)c1cc([N+](=O)[O-])cc(C)c1Cl. The van der Waals surface area contributed by atoms with Gasteiger partial charge in [-0.25, -0.2) is 4.79 Å². The lowest BCUT2D eigenvalue weighted by atomic mass is 10.1. The fourth-order valence-electron chi connectivity index (χ4n) is 1.11. The number of carbonyl (C=O) groups excluding carboxylic acids is 1. The Morgan fingerprint density at radius 1 is 1.53 bits per heavy atom. The Kier molecular flexibility index (Phi) is 3.26. The summed E-state index contributed by atoms with van der Waals surface area (Å²) >= 11 is 5.82. The van der Waals surface area contributed by atoms with Gasteiger partial charge >= 0.3 is 5.97 Å². The van der Waals surface area contributed by atoms with Crippen molar-refractivity contribution in [1.82, 2.24) is 0 Å². The summed E-state index contributed by atoms with van der Waals surface area (Å²) in [5.41, 5.74) is 0.287. The third kappa shape index (κ3) is 2.24. The van der Waals surface area contributed by atoms with Gasteiger partial charge in [0.25, 0.3) is 5.69 Å². The molecule has 5 nitrogen and oxygen atoms in total. The van der Waals surface area contributed by atoms with Crippen molar-refractivity contribution < 1.29 is 14.5 Å². The number of aryl methyl sites for hydroxylation is 1. The van der Waals surface area contributed by atoms with Crippen LogP contribution in [-0.2, 0) is 4.74 Å². The second-order valence-electron chi connectivity index (χ2n) is 2.87. The van der Waals surface area contributed by atoms with E-state index >= 15 is 0 Å². The minimum Gasteiger partial charge on any atom is -0.465 e. The number of nitro groups is 1. The van der Waals surface area contributed by atoms with Crippen LogP contribution in [0, 0.1) is 17.0 Å². The number of rotatable bonds is 2. The van der Waals surface area contributed by atoms with Gasteiger partial charge in [0.05, 0.1) is 22.6 Å². The van der Waals surface area contributed by atoms with Crippen LogP contribution in [0.5, 0.6) is 0 Å². The van der Waals surface area contributed by atoms with E-state index in [-0.39, 0.29) is 16.3 Å².